The lowest BCUT2D eigenvalue weighted by Crippen LogP contribution is -2.46. The molecule has 0 amide bonds. The van der Waals surface area contributed by atoms with Crippen molar-refractivity contribution >= 4 is 23.2 Å². The largest absolute Gasteiger partial charge is 0.373 e. The summed E-state index contributed by atoms with van der Waals surface area (Å²) in [5.41, 5.74) is 2.21. The van der Waals surface area contributed by atoms with Crippen LogP contribution in [-0.2, 0) is 4.74 Å². The zero-order valence-electron chi connectivity index (χ0n) is 11.7. The van der Waals surface area contributed by atoms with Crippen LogP contribution in [0.1, 0.15) is 30.4 Å². The summed E-state index contributed by atoms with van der Waals surface area (Å²) < 4.78 is 5.74. The molecular weight excluding hydrogens is 281 g/mol. The van der Waals surface area contributed by atoms with Gasteiger partial charge in [0.15, 0.2) is 0 Å². The number of rotatable bonds is 3. The third-order valence-electron chi connectivity index (χ3n) is 3.46. The molecule has 1 aliphatic heterocycles. The molecule has 0 N–H and O–H groups in total. The van der Waals surface area contributed by atoms with E-state index in [2.05, 4.69) is 24.8 Å². The minimum absolute atomic E-state index is 0.00605. The maximum absolute atomic E-state index is 6.53. The van der Waals surface area contributed by atoms with Crippen molar-refractivity contribution in [3.63, 3.8) is 0 Å². The van der Waals surface area contributed by atoms with Gasteiger partial charge in [-0.05, 0) is 38.0 Å². The summed E-state index contributed by atoms with van der Waals surface area (Å²) in [6.07, 6.45) is 0.555. The summed E-state index contributed by atoms with van der Waals surface area (Å²) in [7, 11) is 0. The van der Waals surface area contributed by atoms with Crippen LogP contribution in [0.15, 0.2) is 18.2 Å². The van der Waals surface area contributed by atoms with Gasteiger partial charge < -0.3 is 4.74 Å². The van der Waals surface area contributed by atoms with Crippen LogP contribution in [0.3, 0.4) is 0 Å². The first-order valence-corrected chi connectivity index (χ1v) is 7.55. The number of halogens is 2. The topological polar surface area (TPSA) is 12.5 Å². The molecule has 3 atom stereocenters. The van der Waals surface area contributed by atoms with Gasteiger partial charge in [-0.1, -0.05) is 23.7 Å². The molecule has 1 aromatic rings. The SMILES string of the molecule is Cc1cc(C(Cl)CN2CC(C)OC(C)C2)ccc1Cl. The van der Waals surface area contributed by atoms with Gasteiger partial charge in [0, 0.05) is 24.7 Å². The van der Waals surface area contributed by atoms with Gasteiger partial charge in [0.25, 0.3) is 0 Å². The van der Waals surface area contributed by atoms with E-state index in [-0.39, 0.29) is 17.6 Å². The van der Waals surface area contributed by atoms with Gasteiger partial charge in [-0.3, -0.25) is 4.90 Å². The fourth-order valence-electron chi connectivity index (χ4n) is 2.63. The van der Waals surface area contributed by atoms with Crippen LogP contribution in [0.25, 0.3) is 0 Å². The van der Waals surface area contributed by atoms with Gasteiger partial charge in [0.2, 0.25) is 0 Å². The highest BCUT2D eigenvalue weighted by molar-refractivity contribution is 6.31. The number of benzene rings is 1. The zero-order chi connectivity index (χ0) is 14.0. The molecule has 3 unspecified atom stereocenters. The fraction of sp³-hybridized carbons (Fsp3) is 0.600. The summed E-state index contributed by atoms with van der Waals surface area (Å²) in [6.45, 7) is 8.96. The van der Waals surface area contributed by atoms with E-state index in [9.17, 15) is 0 Å². The van der Waals surface area contributed by atoms with Gasteiger partial charge in [0.1, 0.15) is 0 Å². The van der Waals surface area contributed by atoms with Crippen molar-refractivity contribution in [3.05, 3.63) is 34.3 Å². The minimum atomic E-state index is -0.00605. The number of morpholine rings is 1. The van der Waals surface area contributed by atoms with Gasteiger partial charge in [-0.25, -0.2) is 0 Å². The number of nitrogens with zero attached hydrogens (tertiary/aromatic N) is 1. The first kappa shape index (κ1) is 15.1. The molecule has 2 nitrogen and oxygen atoms in total. The number of hydrogen-bond acceptors (Lipinski definition) is 2. The molecule has 0 aromatic heterocycles. The Kier molecular flexibility index (Phi) is 5.13. The molecular formula is C15H21Cl2NO. The maximum Gasteiger partial charge on any atom is 0.0712 e. The number of aryl methyl sites for hydroxylation is 1. The van der Waals surface area contributed by atoms with Crippen LogP contribution in [0, 0.1) is 6.92 Å². The van der Waals surface area contributed by atoms with E-state index in [1.807, 2.05) is 19.1 Å². The molecule has 0 saturated carbocycles. The van der Waals surface area contributed by atoms with Gasteiger partial charge >= 0.3 is 0 Å². The van der Waals surface area contributed by atoms with E-state index in [1.165, 1.54) is 0 Å². The quantitative estimate of drug-likeness (QED) is 0.781. The van der Waals surface area contributed by atoms with E-state index >= 15 is 0 Å². The van der Waals surface area contributed by atoms with Crippen LogP contribution in [0.5, 0.6) is 0 Å². The Labute approximate surface area is 125 Å². The molecule has 0 bridgehead atoms. The Bertz CT molecular complexity index is 428. The van der Waals surface area contributed by atoms with Crippen LogP contribution in [0.2, 0.25) is 5.02 Å². The molecule has 1 fully saturated rings. The second kappa shape index (κ2) is 6.45. The second-order valence-corrected chi connectivity index (χ2v) is 6.39. The first-order chi connectivity index (χ1) is 8.95. The molecule has 4 heteroatoms. The lowest BCUT2D eigenvalue weighted by molar-refractivity contribution is -0.0678. The molecule has 2 rings (SSSR count). The second-order valence-electron chi connectivity index (χ2n) is 5.45. The fourth-order valence-corrected chi connectivity index (χ4v) is 3.08. The van der Waals surface area contributed by atoms with E-state index in [0.29, 0.717) is 0 Å². The van der Waals surface area contributed by atoms with E-state index in [4.69, 9.17) is 27.9 Å². The Morgan fingerprint density at radius 2 is 1.95 bits per heavy atom. The third kappa shape index (κ3) is 4.09. The van der Waals surface area contributed by atoms with Crippen molar-refractivity contribution < 1.29 is 4.74 Å². The standard InChI is InChI=1S/C15H21Cl2NO/c1-10-6-13(4-5-14(10)16)15(17)9-18-7-11(2)19-12(3)8-18/h4-6,11-12,15H,7-9H2,1-3H3. The van der Waals surface area contributed by atoms with Crippen molar-refractivity contribution in [1.82, 2.24) is 4.90 Å². The molecule has 1 aliphatic rings. The number of hydrogen-bond donors (Lipinski definition) is 0. The zero-order valence-corrected chi connectivity index (χ0v) is 13.2. The molecule has 19 heavy (non-hydrogen) atoms. The van der Waals surface area contributed by atoms with Crippen LogP contribution >= 0.6 is 23.2 Å². The van der Waals surface area contributed by atoms with E-state index in [0.717, 1.165) is 35.8 Å². The average molecular weight is 302 g/mol. The predicted octanol–water partition coefficient (Wildman–Crippen LogP) is 4.04. The highest BCUT2D eigenvalue weighted by Gasteiger charge is 2.24. The van der Waals surface area contributed by atoms with Crippen LogP contribution in [-0.4, -0.2) is 36.7 Å². The van der Waals surface area contributed by atoms with Gasteiger partial charge in [-0.2, -0.15) is 0 Å². The summed E-state index contributed by atoms with van der Waals surface area (Å²) in [5, 5.41) is 0.787. The summed E-state index contributed by atoms with van der Waals surface area (Å²) in [4.78, 5) is 2.38. The summed E-state index contributed by atoms with van der Waals surface area (Å²) in [6, 6.07) is 6.01. The molecule has 0 aliphatic carbocycles. The lowest BCUT2D eigenvalue weighted by Gasteiger charge is -2.36. The molecule has 1 saturated heterocycles. The first-order valence-electron chi connectivity index (χ1n) is 6.73. The van der Waals surface area contributed by atoms with Crippen LogP contribution < -0.4 is 0 Å². The third-order valence-corrected chi connectivity index (χ3v) is 4.27. The Morgan fingerprint density at radius 1 is 1.32 bits per heavy atom. The minimum Gasteiger partial charge on any atom is -0.373 e. The van der Waals surface area contributed by atoms with Gasteiger partial charge in [0.05, 0.1) is 17.6 Å². The van der Waals surface area contributed by atoms with Crippen molar-refractivity contribution in [2.45, 2.75) is 38.4 Å². The van der Waals surface area contributed by atoms with E-state index in [1.54, 1.807) is 0 Å². The van der Waals surface area contributed by atoms with Crippen LogP contribution in [0.4, 0.5) is 0 Å². The summed E-state index contributed by atoms with van der Waals surface area (Å²) >= 11 is 12.6. The Hall–Kier alpha value is -0.280. The number of alkyl halides is 1. The molecule has 1 aromatic carbocycles. The average Bonchev–Trinajstić information content (AvgIpc) is 2.31. The predicted molar refractivity (Wildman–Crippen MR) is 81.2 cm³/mol. The van der Waals surface area contributed by atoms with Crippen molar-refractivity contribution in [3.8, 4) is 0 Å². The molecule has 1 heterocycles. The van der Waals surface area contributed by atoms with Crippen molar-refractivity contribution in [2.24, 2.45) is 0 Å². The maximum atomic E-state index is 6.53. The lowest BCUT2D eigenvalue weighted by atomic mass is 10.1. The summed E-state index contributed by atoms with van der Waals surface area (Å²) in [5.74, 6) is 0. The molecule has 0 radical (unpaired) electrons. The highest BCUT2D eigenvalue weighted by Crippen LogP contribution is 2.26. The monoisotopic (exact) mass is 301 g/mol. The molecule has 0 spiro atoms. The molecule has 106 valence electrons. The highest BCUT2D eigenvalue weighted by atomic mass is 35.5. The Balaban J connectivity index is 2.00. The number of ether oxygens (including phenoxy) is 1. The van der Waals surface area contributed by atoms with Crippen molar-refractivity contribution in [1.29, 1.82) is 0 Å². The smallest absolute Gasteiger partial charge is 0.0712 e. The Morgan fingerprint density at radius 3 is 2.53 bits per heavy atom. The normalized spacial score (nSPS) is 26.4. The van der Waals surface area contributed by atoms with Gasteiger partial charge in [-0.15, -0.1) is 11.6 Å². The van der Waals surface area contributed by atoms with Crippen molar-refractivity contribution in [2.75, 3.05) is 19.6 Å². The van der Waals surface area contributed by atoms with E-state index < -0.39 is 0 Å².